The van der Waals surface area contributed by atoms with Gasteiger partial charge in [-0.3, -0.25) is 9.59 Å². The fourth-order valence-corrected chi connectivity index (χ4v) is 3.94. The highest BCUT2D eigenvalue weighted by Crippen LogP contribution is 2.35. The molecule has 1 aromatic carbocycles. The number of rotatable bonds is 3. The van der Waals surface area contributed by atoms with Gasteiger partial charge in [0.2, 0.25) is 11.8 Å². The molecule has 2 fully saturated rings. The lowest BCUT2D eigenvalue weighted by atomic mass is 9.87. The topological polar surface area (TPSA) is 49.4 Å². The fraction of sp³-hybridized carbons (Fsp3) is 0.556. The summed E-state index contributed by atoms with van der Waals surface area (Å²) in [5.74, 6) is 0.304. The van der Waals surface area contributed by atoms with Crippen molar-refractivity contribution in [1.29, 1.82) is 0 Å². The van der Waals surface area contributed by atoms with Gasteiger partial charge in [-0.05, 0) is 43.7 Å². The molecule has 1 saturated heterocycles. The standard InChI is InChI=1S/C18H22Cl2N2O2/c1-11-5-7-13(8-6-11)21-18(24)12-9-16(23)22(10-12)15-4-2-3-14(19)17(15)20/h2-4,11-13H,5-10H2,1H3,(H,21,24)/t11?,12-,13?/m0/s1. The molecule has 130 valence electrons. The Hall–Kier alpha value is -1.26. The predicted octanol–water partition coefficient (Wildman–Crippen LogP) is 4.04. The quantitative estimate of drug-likeness (QED) is 0.874. The van der Waals surface area contributed by atoms with Crippen molar-refractivity contribution < 1.29 is 9.59 Å². The van der Waals surface area contributed by atoms with E-state index < -0.39 is 0 Å². The molecule has 0 unspecified atom stereocenters. The van der Waals surface area contributed by atoms with E-state index in [2.05, 4.69) is 12.2 Å². The highest BCUT2D eigenvalue weighted by Gasteiger charge is 2.37. The number of hydrogen-bond acceptors (Lipinski definition) is 2. The number of nitrogens with one attached hydrogen (secondary N) is 1. The number of nitrogens with zero attached hydrogens (tertiary/aromatic N) is 1. The third-order valence-electron chi connectivity index (χ3n) is 5.08. The Bertz CT molecular complexity index is 642. The summed E-state index contributed by atoms with van der Waals surface area (Å²) in [6, 6.07) is 5.44. The lowest BCUT2D eigenvalue weighted by Gasteiger charge is -2.27. The average molecular weight is 369 g/mol. The van der Waals surface area contributed by atoms with Gasteiger partial charge in [0.05, 0.1) is 21.7 Å². The largest absolute Gasteiger partial charge is 0.353 e. The second kappa shape index (κ2) is 7.32. The van der Waals surface area contributed by atoms with E-state index >= 15 is 0 Å². The van der Waals surface area contributed by atoms with Crippen molar-refractivity contribution in [3.8, 4) is 0 Å². The van der Waals surface area contributed by atoms with E-state index in [1.165, 1.54) is 0 Å². The van der Waals surface area contributed by atoms with Crippen LogP contribution in [0.4, 0.5) is 5.69 Å². The normalized spacial score (nSPS) is 27.4. The molecule has 0 radical (unpaired) electrons. The van der Waals surface area contributed by atoms with Gasteiger partial charge in [0.15, 0.2) is 0 Å². The monoisotopic (exact) mass is 368 g/mol. The van der Waals surface area contributed by atoms with Crippen LogP contribution < -0.4 is 10.2 Å². The summed E-state index contributed by atoms with van der Waals surface area (Å²) in [5.41, 5.74) is 0.580. The summed E-state index contributed by atoms with van der Waals surface area (Å²) in [6.45, 7) is 2.61. The number of amides is 2. The molecular formula is C18H22Cl2N2O2. The van der Waals surface area contributed by atoms with Crippen molar-refractivity contribution in [3.05, 3.63) is 28.2 Å². The zero-order valence-electron chi connectivity index (χ0n) is 13.7. The van der Waals surface area contributed by atoms with E-state index in [4.69, 9.17) is 23.2 Å². The minimum atomic E-state index is -0.327. The van der Waals surface area contributed by atoms with Gasteiger partial charge in [-0.2, -0.15) is 0 Å². The van der Waals surface area contributed by atoms with Crippen molar-refractivity contribution in [1.82, 2.24) is 5.32 Å². The van der Waals surface area contributed by atoms with Gasteiger partial charge in [0.25, 0.3) is 0 Å². The molecule has 2 aliphatic rings. The van der Waals surface area contributed by atoms with Crippen molar-refractivity contribution in [3.63, 3.8) is 0 Å². The van der Waals surface area contributed by atoms with Crippen LogP contribution in [0.2, 0.25) is 10.0 Å². The molecule has 3 rings (SSSR count). The zero-order chi connectivity index (χ0) is 17.3. The first-order valence-electron chi connectivity index (χ1n) is 8.50. The maximum absolute atomic E-state index is 12.5. The Morgan fingerprint density at radius 1 is 1.21 bits per heavy atom. The summed E-state index contributed by atoms with van der Waals surface area (Å²) in [5, 5.41) is 3.89. The summed E-state index contributed by atoms with van der Waals surface area (Å²) in [6.07, 6.45) is 4.57. The van der Waals surface area contributed by atoms with Crippen molar-refractivity contribution in [2.75, 3.05) is 11.4 Å². The molecule has 1 N–H and O–H groups in total. The smallest absolute Gasteiger partial charge is 0.227 e. The number of anilines is 1. The number of benzene rings is 1. The molecule has 6 heteroatoms. The first kappa shape index (κ1) is 17.6. The summed E-state index contributed by atoms with van der Waals surface area (Å²) >= 11 is 12.2. The van der Waals surface area contributed by atoms with Crippen LogP contribution in [-0.4, -0.2) is 24.4 Å². The Morgan fingerprint density at radius 2 is 1.92 bits per heavy atom. The van der Waals surface area contributed by atoms with Crippen LogP contribution in [0.25, 0.3) is 0 Å². The summed E-state index contributed by atoms with van der Waals surface area (Å²) < 4.78 is 0. The highest BCUT2D eigenvalue weighted by molar-refractivity contribution is 6.44. The van der Waals surface area contributed by atoms with E-state index in [1.807, 2.05) is 0 Å². The van der Waals surface area contributed by atoms with Crippen LogP contribution in [-0.2, 0) is 9.59 Å². The molecule has 1 aliphatic carbocycles. The molecule has 0 spiro atoms. The third-order valence-corrected chi connectivity index (χ3v) is 5.89. The van der Waals surface area contributed by atoms with Crippen molar-refractivity contribution in [2.24, 2.45) is 11.8 Å². The van der Waals surface area contributed by atoms with Crippen LogP contribution in [0.1, 0.15) is 39.0 Å². The lowest BCUT2D eigenvalue weighted by molar-refractivity contribution is -0.127. The van der Waals surface area contributed by atoms with Crippen LogP contribution in [0.5, 0.6) is 0 Å². The molecule has 2 amide bonds. The molecule has 4 nitrogen and oxygen atoms in total. The number of hydrogen-bond donors (Lipinski definition) is 1. The molecule has 24 heavy (non-hydrogen) atoms. The summed E-state index contributed by atoms with van der Waals surface area (Å²) in [7, 11) is 0. The third kappa shape index (κ3) is 3.70. The van der Waals surface area contributed by atoms with E-state index in [0.717, 1.165) is 31.6 Å². The van der Waals surface area contributed by atoms with Crippen molar-refractivity contribution in [2.45, 2.75) is 45.1 Å². The molecule has 1 atom stereocenters. The first-order valence-corrected chi connectivity index (χ1v) is 9.26. The van der Waals surface area contributed by atoms with Gasteiger partial charge in [-0.15, -0.1) is 0 Å². The Morgan fingerprint density at radius 3 is 2.62 bits per heavy atom. The molecule has 1 aliphatic heterocycles. The SMILES string of the molecule is CC1CCC(NC(=O)[C@H]2CC(=O)N(c3cccc(Cl)c3Cl)C2)CC1. The van der Waals surface area contributed by atoms with Crippen LogP contribution >= 0.6 is 23.2 Å². The van der Waals surface area contributed by atoms with Gasteiger partial charge in [-0.25, -0.2) is 0 Å². The van der Waals surface area contributed by atoms with Gasteiger partial charge < -0.3 is 10.2 Å². The van der Waals surface area contributed by atoms with Gasteiger partial charge in [0.1, 0.15) is 0 Å². The average Bonchev–Trinajstić information content (AvgIpc) is 2.94. The van der Waals surface area contributed by atoms with Crippen LogP contribution in [0, 0.1) is 11.8 Å². The molecule has 1 heterocycles. The zero-order valence-corrected chi connectivity index (χ0v) is 15.2. The molecular weight excluding hydrogens is 347 g/mol. The van der Waals surface area contributed by atoms with E-state index in [1.54, 1.807) is 23.1 Å². The summed E-state index contributed by atoms with van der Waals surface area (Å²) in [4.78, 5) is 26.4. The van der Waals surface area contributed by atoms with Gasteiger partial charge >= 0.3 is 0 Å². The molecule has 0 aromatic heterocycles. The maximum Gasteiger partial charge on any atom is 0.227 e. The predicted molar refractivity (Wildman–Crippen MR) is 96.5 cm³/mol. The molecule has 1 saturated carbocycles. The molecule has 0 bridgehead atoms. The molecule has 1 aromatic rings. The lowest BCUT2D eigenvalue weighted by Crippen LogP contribution is -2.41. The Balaban J connectivity index is 1.64. The van der Waals surface area contributed by atoms with E-state index in [-0.39, 0.29) is 30.2 Å². The van der Waals surface area contributed by atoms with Crippen LogP contribution in [0.3, 0.4) is 0 Å². The van der Waals surface area contributed by atoms with Crippen molar-refractivity contribution >= 4 is 40.7 Å². The number of halogens is 2. The second-order valence-electron chi connectivity index (χ2n) is 6.94. The van der Waals surface area contributed by atoms with E-state index in [0.29, 0.717) is 22.3 Å². The van der Waals surface area contributed by atoms with E-state index in [9.17, 15) is 9.59 Å². The van der Waals surface area contributed by atoms with Gasteiger partial charge in [-0.1, -0.05) is 36.2 Å². The van der Waals surface area contributed by atoms with Crippen LogP contribution in [0.15, 0.2) is 18.2 Å². The number of carbonyl (C=O) groups excluding carboxylic acids is 2. The first-order chi connectivity index (χ1) is 11.5. The highest BCUT2D eigenvalue weighted by atomic mass is 35.5. The maximum atomic E-state index is 12.5. The Kier molecular flexibility index (Phi) is 5.36. The number of carbonyl (C=O) groups is 2. The van der Waals surface area contributed by atoms with Gasteiger partial charge in [0, 0.05) is 19.0 Å². The Labute approximate surface area is 152 Å². The minimum absolute atomic E-state index is 0.0245. The second-order valence-corrected chi connectivity index (χ2v) is 7.73. The minimum Gasteiger partial charge on any atom is -0.353 e. The fourth-order valence-electron chi connectivity index (χ4n) is 3.54.